The van der Waals surface area contributed by atoms with Crippen LogP contribution in [0.5, 0.6) is 0 Å². The van der Waals surface area contributed by atoms with Crippen molar-refractivity contribution in [1.82, 2.24) is 9.97 Å². The fourth-order valence-electron chi connectivity index (χ4n) is 1.95. The predicted octanol–water partition coefficient (Wildman–Crippen LogP) is 3.72. The minimum absolute atomic E-state index is 0.0296. The standard InChI is InChI=1S/C15H18ClN3O/c1-9(2)15-18-13(8-14(20)19-15)17-10(3)11-6-4-5-7-12(11)16/h4-10H,1-3H3,(H2,17,18,19,20). The SMILES string of the molecule is CC(C)c1nc(NC(C)c2ccccc2Cl)cc(=O)[nH]1. The fourth-order valence-corrected chi connectivity index (χ4v) is 2.25. The Morgan fingerprint density at radius 3 is 2.60 bits per heavy atom. The Balaban J connectivity index is 2.26. The smallest absolute Gasteiger partial charge is 0.252 e. The lowest BCUT2D eigenvalue weighted by Crippen LogP contribution is -2.16. The van der Waals surface area contributed by atoms with Crippen LogP contribution in [0.15, 0.2) is 35.1 Å². The number of hydrogen-bond acceptors (Lipinski definition) is 3. The summed E-state index contributed by atoms with van der Waals surface area (Å²) in [6, 6.07) is 9.05. The Bertz CT molecular complexity index is 652. The van der Waals surface area contributed by atoms with Crippen molar-refractivity contribution in [3.05, 3.63) is 57.1 Å². The molecule has 4 nitrogen and oxygen atoms in total. The maximum atomic E-state index is 11.6. The molecule has 0 amide bonds. The van der Waals surface area contributed by atoms with Gasteiger partial charge < -0.3 is 10.3 Å². The van der Waals surface area contributed by atoms with Crippen LogP contribution < -0.4 is 10.9 Å². The van der Waals surface area contributed by atoms with Crippen LogP contribution in [0.25, 0.3) is 0 Å². The van der Waals surface area contributed by atoms with E-state index in [4.69, 9.17) is 11.6 Å². The van der Waals surface area contributed by atoms with Gasteiger partial charge in [0.25, 0.3) is 5.56 Å². The number of benzene rings is 1. The van der Waals surface area contributed by atoms with E-state index in [1.807, 2.05) is 45.0 Å². The van der Waals surface area contributed by atoms with Crippen molar-refractivity contribution in [1.29, 1.82) is 0 Å². The third kappa shape index (κ3) is 3.39. The van der Waals surface area contributed by atoms with Crippen LogP contribution in [0.1, 0.15) is 44.1 Å². The lowest BCUT2D eigenvalue weighted by atomic mass is 10.1. The second-order valence-corrected chi connectivity index (χ2v) is 5.47. The molecule has 0 aliphatic rings. The number of anilines is 1. The van der Waals surface area contributed by atoms with E-state index in [9.17, 15) is 4.79 Å². The van der Waals surface area contributed by atoms with Gasteiger partial charge in [0, 0.05) is 17.0 Å². The molecule has 2 aromatic rings. The van der Waals surface area contributed by atoms with Crippen molar-refractivity contribution in [2.75, 3.05) is 5.32 Å². The Morgan fingerprint density at radius 1 is 1.25 bits per heavy atom. The normalized spacial score (nSPS) is 12.4. The minimum Gasteiger partial charge on any atom is -0.363 e. The van der Waals surface area contributed by atoms with Gasteiger partial charge in [-0.15, -0.1) is 0 Å². The van der Waals surface area contributed by atoms with E-state index in [0.717, 1.165) is 5.56 Å². The number of nitrogens with one attached hydrogen (secondary N) is 2. The summed E-state index contributed by atoms with van der Waals surface area (Å²) in [5, 5.41) is 3.92. The van der Waals surface area contributed by atoms with E-state index in [2.05, 4.69) is 15.3 Å². The first kappa shape index (κ1) is 14.6. The second-order valence-electron chi connectivity index (χ2n) is 5.06. The van der Waals surface area contributed by atoms with Crippen LogP contribution in [-0.4, -0.2) is 9.97 Å². The maximum absolute atomic E-state index is 11.6. The molecule has 106 valence electrons. The summed E-state index contributed by atoms with van der Waals surface area (Å²) in [5.74, 6) is 1.40. The molecule has 5 heteroatoms. The zero-order valence-electron chi connectivity index (χ0n) is 11.8. The van der Waals surface area contributed by atoms with Gasteiger partial charge in [-0.05, 0) is 18.6 Å². The molecule has 1 unspecified atom stereocenters. The van der Waals surface area contributed by atoms with Crippen LogP contribution >= 0.6 is 11.6 Å². The summed E-state index contributed by atoms with van der Waals surface area (Å²) in [6.07, 6.45) is 0. The van der Waals surface area contributed by atoms with Crippen LogP contribution in [0.3, 0.4) is 0 Å². The molecule has 0 aliphatic carbocycles. The minimum atomic E-state index is -0.155. The number of hydrogen-bond donors (Lipinski definition) is 2. The molecule has 0 saturated heterocycles. The first-order valence-electron chi connectivity index (χ1n) is 6.59. The highest BCUT2D eigenvalue weighted by Crippen LogP contribution is 2.24. The number of aromatic nitrogens is 2. The van der Waals surface area contributed by atoms with E-state index in [1.54, 1.807) is 0 Å². The molecule has 20 heavy (non-hydrogen) atoms. The lowest BCUT2D eigenvalue weighted by Gasteiger charge is -2.17. The Morgan fingerprint density at radius 2 is 1.95 bits per heavy atom. The summed E-state index contributed by atoms with van der Waals surface area (Å²) in [5.41, 5.74) is 0.819. The molecule has 0 fully saturated rings. The van der Waals surface area contributed by atoms with Crippen molar-refractivity contribution in [2.24, 2.45) is 0 Å². The summed E-state index contributed by atoms with van der Waals surface area (Å²) in [6.45, 7) is 5.96. The van der Waals surface area contributed by atoms with Gasteiger partial charge in [-0.3, -0.25) is 4.79 Å². The zero-order valence-corrected chi connectivity index (χ0v) is 12.5. The van der Waals surface area contributed by atoms with Crippen LogP contribution in [-0.2, 0) is 0 Å². The summed E-state index contributed by atoms with van der Waals surface area (Å²) >= 11 is 6.17. The third-order valence-corrected chi connectivity index (χ3v) is 3.39. The van der Waals surface area contributed by atoms with E-state index in [0.29, 0.717) is 16.7 Å². The molecule has 1 atom stereocenters. The first-order chi connectivity index (χ1) is 9.47. The number of rotatable bonds is 4. The average molecular weight is 292 g/mol. The highest BCUT2D eigenvalue weighted by Gasteiger charge is 2.11. The molecule has 1 aromatic heterocycles. The average Bonchev–Trinajstić information content (AvgIpc) is 2.38. The molecule has 0 aliphatic heterocycles. The quantitative estimate of drug-likeness (QED) is 0.902. The Labute approximate surface area is 123 Å². The molecule has 1 aromatic carbocycles. The topological polar surface area (TPSA) is 57.8 Å². The van der Waals surface area contributed by atoms with E-state index in [-0.39, 0.29) is 17.5 Å². The highest BCUT2D eigenvalue weighted by atomic mass is 35.5. The molecule has 0 bridgehead atoms. The molecular formula is C15H18ClN3O. The third-order valence-electron chi connectivity index (χ3n) is 3.04. The van der Waals surface area contributed by atoms with E-state index in [1.165, 1.54) is 6.07 Å². The Kier molecular flexibility index (Phi) is 4.45. The maximum Gasteiger partial charge on any atom is 0.252 e. The van der Waals surface area contributed by atoms with Gasteiger partial charge in [-0.1, -0.05) is 43.6 Å². The molecular weight excluding hydrogens is 274 g/mol. The summed E-state index contributed by atoms with van der Waals surface area (Å²) in [7, 11) is 0. The lowest BCUT2D eigenvalue weighted by molar-refractivity contribution is 0.761. The monoisotopic (exact) mass is 291 g/mol. The Hall–Kier alpha value is -1.81. The molecule has 2 rings (SSSR count). The van der Waals surface area contributed by atoms with Crippen molar-refractivity contribution in [3.63, 3.8) is 0 Å². The van der Waals surface area contributed by atoms with Crippen molar-refractivity contribution in [3.8, 4) is 0 Å². The van der Waals surface area contributed by atoms with Gasteiger partial charge >= 0.3 is 0 Å². The molecule has 0 saturated carbocycles. The second kappa shape index (κ2) is 6.09. The summed E-state index contributed by atoms with van der Waals surface area (Å²) in [4.78, 5) is 18.8. The van der Waals surface area contributed by atoms with Gasteiger partial charge in [0.2, 0.25) is 0 Å². The number of nitrogens with zero attached hydrogens (tertiary/aromatic N) is 1. The van der Waals surface area contributed by atoms with Crippen LogP contribution in [0.4, 0.5) is 5.82 Å². The predicted molar refractivity (Wildman–Crippen MR) is 82.4 cm³/mol. The number of H-pyrrole nitrogens is 1. The van der Waals surface area contributed by atoms with Gasteiger partial charge in [-0.25, -0.2) is 4.98 Å². The van der Waals surface area contributed by atoms with Gasteiger partial charge in [0.1, 0.15) is 11.6 Å². The first-order valence-corrected chi connectivity index (χ1v) is 6.97. The number of aromatic amines is 1. The van der Waals surface area contributed by atoms with Crippen LogP contribution in [0.2, 0.25) is 5.02 Å². The molecule has 0 radical (unpaired) electrons. The molecule has 1 heterocycles. The highest BCUT2D eigenvalue weighted by molar-refractivity contribution is 6.31. The number of halogens is 1. The van der Waals surface area contributed by atoms with E-state index >= 15 is 0 Å². The van der Waals surface area contributed by atoms with Crippen LogP contribution in [0, 0.1) is 0 Å². The zero-order chi connectivity index (χ0) is 14.7. The van der Waals surface area contributed by atoms with Crippen molar-refractivity contribution >= 4 is 17.4 Å². The van der Waals surface area contributed by atoms with Crippen molar-refractivity contribution in [2.45, 2.75) is 32.7 Å². The largest absolute Gasteiger partial charge is 0.363 e. The van der Waals surface area contributed by atoms with Crippen molar-refractivity contribution < 1.29 is 0 Å². The van der Waals surface area contributed by atoms with Gasteiger partial charge in [-0.2, -0.15) is 0 Å². The van der Waals surface area contributed by atoms with Gasteiger partial charge in [0.05, 0.1) is 6.04 Å². The summed E-state index contributed by atoms with van der Waals surface area (Å²) < 4.78 is 0. The molecule has 0 spiro atoms. The molecule has 2 N–H and O–H groups in total. The van der Waals surface area contributed by atoms with Gasteiger partial charge in [0.15, 0.2) is 0 Å². The fraction of sp³-hybridized carbons (Fsp3) is 0.333. The van der Waals surface area contributed by atoms with E-state index < -0.39 is 0 Å².